The largest absolute Gasteiger partial charge is 0.450 e. The number of aromatic nitrogens is 1. The Labute approximate surface area is 170 Å². The summed E-state index contributed by atoms with van der Waals surface area (Å²) in [5, 5.41) is 6.61. The minimum absolute atomic E-state index is 0.240. The second-order valence-corrected chi connectivity index (χ2v) is 7.25. The molecule has 3 rings (SSSR count). The topological polar surface area (TPSA) is 83.2 Å². The third kappa shape index (κ3) is 5.16. The van der Waals surface area contributed by atoms with Gasteiger partial charge in [-0.2, -0.15) is 0 Å². The van der Waals surface area contributed by atoms with Gasteiger partial charge in [0.05, 0.1) is 6.61 Å². The first kappa shape index (κ1) is 20.5. The first-order valence-corrected chi connectivity index (χ1v) is 9.87. The Morgan fingerprint density at radius 3 is 2.48 bits per heavy atom. The fourth-order valence-electron chi connectivity index (χ4n) is 3.23. The first-order chi connectivity index (χ1) is 14.0. The molecule has 2 aromatic carbocycles. The lowest BCUT2D eigenvalue weighted by molar-refractivity contribution is -0.118. The van der Waals surface area contributed by atoms with Gasteiger partial charge in [0, 0.05) is 29.2 Å². The van der Waals surface area contributed by atoms with E-state index in [0.717, 1.165) is 16.5 Å². The van der Waals surface area contributed by atoms with Crippen molar-refractivity contribution in [3.8, 4) is 0 Å². The zero-order valence-corrected chi connectivity index (χ0v) is 17.0. The monoisotopic (exact) mass is 393 g/mol. The van der Waals surface area contributed by atoms with Crippen molar-refractivity contribution in [2.45, 2.75) is 39.2 Å². The average Bonchev–Trinajstić information content (AvgIpc) is 3.11. The van der Waals surface area contributed by atoms with Gasteiger partial charge >= 0.3 is 6.09 Å². The van der Waals surface area contributed by atoms with Gasteiger partial charge < -0.3 is 20.4 Å². The number of alkyl carbamates (subject to hydrolysis) is 1. The molecule has 6 nitrogen and oxygen atoms in total. The standard InChI is InChI=1S/C23H27N3O3/c1-4-29-23(28)26-21(13-17-14-24-20-8-6-5-7-19(17)20)22(27)25-18-11-9-16(10-12-18)15(2)3/h5-12,14-15,21,24H,4,13H2,1-3H3,(H,25,27)(H,26,28)/t21-/m1/s1. The third-order valence-corrected chi connectivity index (χ3v) is 4.83. The minimum atomic E-state index is -0.766. The first-order valence-electron chi connectivity index (χ1n) is 9.87. The van der Waals surface area contributed by atoms with Crippen LogP contribution in [0.4, 0.5) is 10.5 Å². The molecule has 1 atom stereocenters. The number of amides is 2. The van der Waals surface area contributed by atoms with E-state index in [1.165, 1.54) is 5.56 Å². The van der Waals surface area contributed by atoms with Crippen molar-refractivity contribution in [1.82, 2.24) is 10.3 Å². The molecule has 1 heterocycles. The number of H-pyrrole nitrogens is 1. The van der Waals surface area contributed by atoms with Crippen LogP contribution in [0, 0.1) is 0 Å². The van der Waals surface area contributed by atoms with E-state index in [1.807, 2.05) is 54.7 Å². The number of aromatic amines is 1. The van der Waals surface area contributed by atoms with Gasteiger partial charge in [0.15, 0.2) is 0 Å². The maximum atomic E-state index is 12.9. The molecule has 6 heteroatoms. The number of hydrogen-bond donors (Lipinski definition) is 3. The highest BCUT2D eigenvalue weighted by Crippen LogP contribution is 2.20. The quantitative estimate of drug-likeness (QED) is 0.549. The van der Waals surface area contributed by atoms with Crippen LogP contribution >= 0.6 is 0 Å². The van der Waals surface area contributed by atoms with Crippen molar-refractivity contribution in [1.29, 1.82) is 0 Å². The van der Waals surface area contributed by atoms with Crippen LogP contribution < -0.4 is 10.6 Å². The number of carbonyl (C=O) groups excluding carboxylic acids is 2. The molecule has 2 amide bonds. The van der Waals surface area contributed by atoms with Crippen molar-refractivity contribution in [2.75, 3.05) is 11.9 Å². The summed E-state index contributed by atoms with van der Waals surface area (Å²) in [6.07, 6.45) is 1.61. The van der Waals surface area contributed by atoms with Gasteiger partial charge in [-0.25, -0.2) is 4.79 Å². The summed E-state index contributed by atoms with van der Waals surface area (Å²) < 4.78 is 4.98. The maximum absolute atomic E-state index is 12.9. The molecule has 0 saturated carbocycles. The fourth-order valence-corrected chi connectivity index (χ4v) is 3.23. The molecule has 0 unspecified atom stereocenters. The number of anilines is 1. The number of nitrogens with one attached hydrogen (secondary N) is 3. The lowest BCUT2D eigenvalue weighted by Gasteiger charge is -2.18. The van der Waals surface area contributed by atoms with Gasteiger partial charge in [0.2, 0.25) is 5.91 Å². The predicted octanol–water partition coefficient (Wildman–Crippen LogP) is 4.59. The summed E-state index contributed by atoms with van der Waals surface area (Å²) in [6.45, 7) is 6.21. The molecule has 0 bridgehead atoms. The predicted molar refractivity (Wildman–Crippen MR) is 115 cm³/mol. The van der Waals surface area contributed by atoms with E-state index in [9.17, 15) is 9.59 Å². The van der Waals surface area contributed by atoms with Gasteiger partial charge in [0.1, 0.15) is 6.04 Å². The zero-order valence-electron chi connectivity index (χ0n) is 17.0. The van der Waals surface area contributed by atoms with Crippen LogP contribution in [0.2, 0.25) is 0 Å². The summed E-state index contributed by atoms with van der Waals surface area (Å²) in [7, 11) is 0. The lowest BCUT2D eigenvalue weighted by Crippen LogP contribution is -2.45. The Balaban J connectivity index is 1.78. The molecule has 0 aliphatic rings. The second kappa shape index (κ2) is 9.28. The molecule has 152 valence electrons. The van der Waals surface area contributed by atoms with Crippen LogP contribution in [0.3, 0.4) is 0 Å². The SMILES string of the molecule is CCOC(=O)N[C@H](Cc1c[nH]c2ccccc12)C(=O)Nc1ccc(C(C)C)cc1. The van der Waals surface area contributed by atoms with Crippen LogP contribution in [0.25, 0.3) is 10.9 Å². The van der Waals surface area contributed by atoms with Gasteiger partial charge in [-0.3, -0.25) is 4.79 Å². The van der Waals surface area contributed by atoms with Crippen molar-refractivity contribution >= 4 is 28.6 Å². The fraction of sp³-hybridized carbons (Fsp3) is 0.304. The molecule has 0 aliphatic heterocycles. The van der Waals surface area contributed by atoms with E-state index in [4.69, 9.17) is 4.74 Å². The Kier molecular flexibility index (Phi) is 6.54. The second-order valence-electron chi connectivity index (χ2n) is 7.25. The zero-order chi connectivity index (χ0) is 20.8. The highest BCUT2D eigenvalue weighted by molar-refractivity contribution is 5.97. The Morgan fingerprint density at radius 2 is 1.79 bits per heavy atom. The molecule has 0 saturated heterocycles. The molecule has 29 heavy (non-hydrogen) atoms. The number of carbonyl (C=O) groups is 2. The van der Waals surface area contributed by atoms with Gasteiger partial charge in [-0.05, 0) is 42.2 Å². The van der Waals surface area contributed by atoms with E-state index >= 15 is 0 Å². The summed E-state index contributed by atoms with van der Waals surface area (Å²) in [6, 6.07) is 14.8. The summed E-state index contributed by atoms with van der Waals surface area (Å²) >= 11 is 0. The highest BCUT2D eigenvalue weighted by Gasteiger charge is 2.23. The molecule has 0 spiro atoms. The lowest BCUT2D eigenvalue weighted by atomic mass is 10.0. The maximum Gasteiger partial charge on any atom is 0.407 e. The Morgan fingerprint density at radius 1 is 1.07 bits per heavy atom. The summed E-state index contributed by atoms with van der Waals surface area (Å²) in [4.78, 5) is 28.1. The molecular weight excluding hydrogens is 366 g/mol. The van der Waals surface area contributed by atoms with E-state index in [1.54, 1.807) is 6.92 Å². The summed E-state index contributed by atoms with van der Waals surface area (Å²) in [5.41, 5.74) is 3.83. The number of benzene rings is 2. The van der Waals surface area contributed by atoms with Crippen LogP contribution in [-0.4, -0.2) is 29.6 Å². The number of para-hydroxylation sites is 1. The van der Waals surface area contributed by atoms with Crippen molar-refractivity contribution in [3.63, 3.8) is 0 Å². The van der Waals surface area contributed by atoms with Crippen LogP contribution in [0.15, 0.2) is 54.7 Å². The molecular formula is C23H27N3O3. The molecule has 3 N–H and O–H groups in total. The van der Waals surface area contributed by atoms with Crippen LogP contribution in [0.5, 0.6) is 0 Å². The normalized spacial score (nSPS) is 12.0. The van der Waals surface area contributed by atoms with Crippen LogP contribution in [-0.2, 0) is 16.0 Å². The molecule has 3 aromatic rings. The van der Waals surface area contributed by atoms with Crippen molar-refractivity contribution in [3.05, 3.63) is 65.9 Å². The van der Waals surface area contributed by atoms with E-state index in [-0.39, 0.29) is 12.5 Å². The average molecular weight is 393 g/mol. The van der Waals surface area contributed by atoms with Gasteiger partial charge in [0.25, 0.3) is 0 Å². The van der Waals surface area contributed by atoms with Gasteiger partial charge in [-0.15, -0.1) is 0 Å². The smallest absolute Gasteiger partial charge is 0.407 e. The van der Waals surface area contributed by atoms with Crippen LogP contribution in [0.1, 0.15) is 37.8 Å². The summed E-state index contributed by atoms with van der Waals surface area (Å²) in [5.74, 6) is 0.125. The highest BCUT2D eigenvalue weighted by atomic mass is 16.5. The van der Waals surface area contributed by atoms with Gasteiger partial charge in [-0.1, -0.05) is 44.2 Å². The number of rotatable bonds is 7. The number of fused-ring (bicyclic) bond motifs is 1. The van der Waals surface area contributed by atoms with E-state index in [0.29, 0.717) is 18.0 Å². The Hall–Kier alpha value is -3.28. The molecule has 0 fully saturated rings. The molecule has 0 radical (unpaired) electrons. The van der Waals surface area contributed by atoms with Crippen molar-refractivity contribution in [2.24, 2.45) is 0 Å². The third-order valence-electron chi connectivity index (χ3n) is 4.83. The number of hydrogen-bond acceptors (Lipinski definition) is 3. The van der Waals surface area contributed by atoms with Crippen molar-refractivity contribution < 1.29 is 14.3 Å². The molecule has 1 aromatic heterocycles. The van der Waals surface area contributed by atoms with E-state index < -0.39 is 12.1 Å². The number of ether oxygens (including phenoxy) is 1. The molecule has 0 aliphatic carbocycles. The van der Waals surface area contributed by atoms with E-state index in [2.05, 4.69) is 29.5 Å². The Bertz CT molecular complexity index is 976. The minimum Gasteiger partial charge on any atom is -0.450 e.